The molecule has 7 heteroatoms. The van der Waals surface area contributed by atoms with Crippen LogP contribution in [-0.4, -0.2) is 39.4 Å². The first-order valence-corrected chi connectivity index (χ1v) is 6.69. The lowest BCUT2D eigenvalue weighted by molar-refractivity contribution is 0.187. The van der Waals surface area contributed by atoms with Crippen LogP contribution in [0.4, 0.5) is 0 Å². The van der Waals surface area contributed by atoms with Gasteiger partial charge in [-0.15, -0.1) is 0 Å². The van der Waals surface area contributed by atoms with Crippen molar-refractivity contribution >= 4 is 11.0 Å². The van der Waals surface area contributed by atoms with Crippen molar-refractivity contribution in [3.05, 3.63) is 36.5 Å². The maximum Gasteiger partial charge on any atom is 0.234 e. The van der Waals surface area contributed by atoms with Crippen LogP contribution in [0, 0.1) is 0 Å². The summed E-state index contributed by atoms with van der Waals surface area (Å²) in [6.45, 7) is 1.04. The van der Waals surface area contributed by atoms with E-state index in [0.717, 1.165) is 16.6 Å². The van der Waals surface area contributed by atoms with Gasteiger partial charge >= 0.3 is 0 Å². The van der Waals surface area contributed by atoms with Crippen molar-refractivity contribution in [2.24, 2.45) is 5.73 Å². The third-order valence-corrected chi connectivity index (χ3v) is 3.61. The van der Waals surface area contributed by atoms with Crippen molar-refractivity contribution in [2.75, 3.05) is 13.2 Å². The summed E-state index contributed by atoms with van der Waals surface area (Å²) >= 11 is 0. The van der Waals surface area contributed by atoms with Crippen LogP contribution < -0.4 is 5.73 Å². The van der Waals surface area contributed by atoms with Gasteiger partial charge in [0.2, 0.25) is 11.7 Å². The van der Waals surface area contributed by atoms with Crippen LogP contribution in [0.5, 0.6) is 0 Å². The first-order valence-electron chi connectivity index (χ1n) is 6.69. The minimum Gasteiger partial charge on any atom is -0.379 e. The van der Waals surface area contributed by atoms with E-state index in [1.807, 2.05) is 18.2 Å². The number of nitrogens with two attached hydrogens (primary N) is 1. The molecule has 1 aromatic carbocycles. The number of hydrogen-bond donors (Lipinski definition) is 1. The summed E-state index contributed by atoms with van der Waals surface area (Å²) in [6.07, 6.45) is 3.32. The van der Waals surface area contributed by atoms with Gasteiger partial charge in [-0.3, -0.25) is 9.97 Å². The molecule has 0 bridgehead atoms. The zero-order chi connectivity index (χ0) is 14.2. The van der Waals surface area contributed by atoms with Crippen molar-refractivity contribution < 1.29 is 9.26 Å². The Kier molecular flexibility index (Phi) is 2.87. The molecule has 1 fully saturated rings. The average molecular weight is 283 g/mol. The Morgan fingerprint density at radius 1 is 1.10 bits per heavy atom. The van der Waals surface area contributed by atoms with E-state index in [1.165, 1.54) is 0 Å². The molecule has 0 spiro atoms. The molecule has 0 radical (unpaired) electrons. The van der Waals surface area contributed by atoms with Gasteiger partial charge < -0.3 is 15.0 Å². The molecule has 3 aromatic rings. The molecular formula is C14H13N5O2. The Balaban J connectivity index is 1.70. The van der Waals surface area contributed by atoms with E-state index >= 15 is 0 Å². The standard InChI is InChI=1S/C14H13N5O2/c15-10-7-20-6-9(10)14-18-13(19-21-14)8-1-2-11-12(5-8)17-4-3-16-11/h1-5,9-10H,6-7,15H2. The van der Waals surface area contributed by atoms with Crippen molar-refractivity contribution in [3.63, 3.8) is 0 Å². The maximum absolute atomic E-state index is 5.96. The molecule has 0 saturated carbocycles. The number of benzene rings is 1. The van der Waals surface area contributed by atoms with Gasteiger partial charge in [-0.2, -0.15) is 4.98 Å². The molecule has 2 N–H and O–H groups in total. The molecule has 7 nitrogen and oxygen atoms in total. The molecule has 0 aliphatic carbocycles. The number of hydrogen-bond acceptors (Lipinski definition) is 7. The highest BCUT2D eigenvalue weighted by molar-refractivity contribution is 5.79. The molecule has 1 aliphatic heterocycles. The predicted octanol–water partition coefficient (Wildman–Crippen LogP) is 1.12. The predicted molar refractivity (Wildman–Crippen MR) is 74.4 cm³/mol. The van der Waals surface area contributed by atoms with Gasteiger partial charge in [0.25, 0.3) is 0 Å². The van der Waals surface area contributed by atoms with Gasteiger partial charge in [0.05, 0.1) is 30.2 Å². The molecule has 2 aromatic heterocycles. The highest BCUT2D eigenvalue weighted by Crippen LogP contribution is 2.26. The van der Waals surface area contributed by atoms with E-state index in [4.69, 9.17) is 15.0 Å². The monoisotopic (exact) mass is 283 g/mol. The number of aromatic nitrogens is 4. The third kappa shape index (κ3) is 2.16. The minimum atomic E-state index is -0.0965. The topological polar surface area (TPSA) is 100.0 Å². The van der Waals surface area contributed by atoms with Crippen LogP contribution in [0.25, 0.3) is 22.4 Å². The molecule has 1 aliphatic rings. The van der Waals surface area contributed by atoms with Gasteiger partial charge in [0.15, 0.2) is 0 Å². The van der Waals surface area contributed by atoms with Crippen LogP contribution in [0.2, 0.25) is 0 Å². The third-order valence-electron chi connectivity index (χ3n) is 3.61. The second-order valence-corrected chi connectivity index (χ2v) is 5.02. The lowest BCUT2D eigenvalue weighted by Crippen LogP contribution is -2.26. The van der Waals surface area contributed by atoms with Crippen LogP contribution in [0.1, 0.15) is 11.8 Å². The van der Waals surface area contributed by atoms with Gasteiger partial charge in [-0.25, -0.2) is 0 Å². The summed E-state index contributed by atoms with van der Waals surface area (Å²) in [5, 5.41) is 4.03. The smallest absolute Gasteiger partial charge is 0.234 e. The molecule has 0 amide bonds. The lowest BCUT2D eigenvalue weighted by atomic mass is 10.1. The van der Waals surface area contributed by atoms with Crippen LogP contribution in [0.15, 0.2) is 35.1 Å². The Hall–Kier alpha value is -2.38. The van der Waals surface area contributed by atoms with Gasteiger partial charge in [-0.05, 0) is 18.2 Å². The SMILES string of the molecule is NC1COCC1c1nc(-c2ccc3nccnc3c2)no1. The summed E-state index contributed by atoms with van der Waals surface area (Å²) in [5.74, 6) is 1.01. The van der Waals surface area contributed by atoms with Crippen LogP contribution >= 0.6 is 0 Å². The van der Waals surface area contributed by atoms with Gasteiger partial charge in [0, 0.05) is 24.0 Å². The molecule has 21 heavy (non-hydrogen) atoms. The molecule has 4 rings (SSSR count). The maximum atomic E-state index is 5.96. The van der Waals surface area contributed by atoms with Gasteiger partial charge in [0.1, 0.15) is 0 Å². The largest absolute Gasteiger partial charge is 0.379 e. The molecular weight excluding hydrogens is 270 g/mol. The summed E-state index contributed by atoms with van der Waals surface area (Å²) in [4.78, 5) is 12.9. The fraction of sp³-hybridized carbons (Fsp3) is 0.286. The molecule has 106 valence electrons. The Bertz CT molecular complexity index is 788. The summed E-state index contributed by atoms with van der Waals surface area (Å²) in [7, 11) is 0. The normalized spacial score (nSPS) is 22.0. The summed E-state index contributed by atoms with van der Waals surface area (Å²) in [6, 6.07) is 5.58. The lowest BCUT2D eigenvalue weighted by Gasteiger charge is -2.06. The second kappa shape index (κ2) is 4.87. The van der Waals surface area contributed by atoms with Crippen molar-refractivity contribution in [1.82, 2.24) is 20.1 Å². The molecule has 3 heterocycles. The minimum absolute atomic E-state index is 0.0356. The molecule has 1 saturated heterocycles. The first kappa shape index (κ1) is 12.4. The fourth-order valence-corrected chi connectivity index (χ4v) is 2.43. The first-order chi connectivity index (χ1) is 10.3. The van der Waals surface area contributed by atoms with Crippen LogP contribution in [0.3, 0.4) is 0 Å². The summed E-state index contributed by atoms with van der Waals surface area (Å²) in [5.41, 5.74) is 8.42. The van der Waals surface area contributed by atoms with Crippen molar-refractivity contribution in [1.29, 1.82) is 0 Å². The number of ether oxygens (including phenoxy) is 1. The Morgan fingerprint density at radius 2 is 1.95 bits per heavy atom. The van der Waals surface area contributed by atoms with E-state index in [1.54, 1.807) is 12.4 Å². The highest BCUT2D eigenvalue weighted by Gasteiger charge is 2.31. The number of fused-ring (bicyclic) bond motifs is 1. The van der Waals surface area contributed by atoms with E-state index in [9.17, 15) is 0 Å². The zero-order valence-corrected chi connectivity index (χ0v) is 11.1. The van der Waals surface area contributed by atoms with E-state index in [-0.39, 0.29) is 12.0 Å². The number of rotatable bonds is 2. The fourth-order valence-electron chi connectivity index (χ4n) is 2.43. The average Bonchev–Trinajstić information content (AvgIpc) is 3.15. The van der Waals surface area contributed by atoms with E-state index in [0.29, 0.717) is 24.9 Å². The Labute approximate surface area is 120 Å². The number of nitrogens with zero attached hydrogens (tertiary/aromatic N) is 4. The van der Waals surface area contributed by atoms with Crippen LogP contribution in [-0.2, 0) is 4.74 Å². The van der Waals surface area contributed by atoms with E-state index < -0.39 is 0 Å². The van der Waals surface area contributed by atoms with Gasteiger partial charge in [-0.1, -0.05) is 5.16 Å². The van der Waals surface area contributed by atoms with Crippen molar-refractivity contribution in [2.45, 2.75) is 12.0 Å². The molecule has 2 unspecified atom stereocenters. The second-order valence-electron chi connectivity index (χ2n) is 5.02. The quantitative estimate of drug-likeness (QED) is 0.752. The highest BCUT2D eigenvalue weighted by atomic mass is 16.5. The summed E-state index contributed by atoms with van der Waals surface area (Å²) < 4.78 is 10.7. The zero-order valence-electron chi connectivity index (χ0n) is 11.1. The molecule has 2 atom stereocenters. The Morgan fingerprint density at radius 3 is 2.76 bits per heavy atom. The van der Waals surface area contributed by atoms with E-state index in [2.05, 4.69) is 20.1 Å². The van der Waals surface area contributed by atoms with Crippen molar-refractivity contribution in [3.8, 4) is 11.4 Å².